The zero-order valence-electron chi connectivity index (χ0n) is 10.7. The van der Waals surface area contributed by atoms with Gasteiger partial charge in [-0.05, 0) is 42.4 Å². The van der Waals surface area contributed by atoms with Gasteiger partial charge in [0.15, 0.2) is 5.11 Å². The summed E-state index contributed by atoms with van der Waals surface area (Å²) in [5, 5.41) is 6.47. The molecule has 0 unspecified atom stereocenters. The summed E-state index contributed by atoms with van der Waals surface area (Å²) < 4.78 is 26.2. The number of benzene rings is 2. The second kappa shape index (κ2) is 6.96. The van der Waals surface area contributed by atoms with Crippen molar-refractivity contribution in [2.75, 3.05) is 11.9 Å². The van der Waals surface area contributed by atoms with Crippen molar-refractivity contribution < 1.29 is 8.78 Å². The molecule has 0 radical (unpaired) electrons. The molecular weight excluding hydrogens is 278 g/mol. The van der Waals surface area contributed by atoms with Crippen molar-refractivity contribution in [3.8, 4) is 0 Å². The molecule has 0 aliphatic carbocycles. The summed E-state index contributed by atoms with van der Waals surface area (Å²) >= 11 is 5.13. The van der Waals surface area contributed by atoms with Crippen LogP contribution < -0.4 is 10.6 Å². The number of hydrogen-bond acceptors (Lipinski definition) is 1. The molecule has 0 bridgehead atoms. The third-order valence-corrected chi connectivity index (χ3v) is 2.97. The predicted molar refractivity (Wildman–Crippen MR) is 80.7 cm³/mol. The summed E-state index contributed by atoms with van der Waals surface area (Å²) in [7, 11) is 0. The number of hydrogen-bond donors (Lipinski definition) is 2. The van der Waals surface area contributed by atoms with Crippen LogP contribution in [-0.4, -0.2) is 11.7 Å². The molecule has 5 heteroatoms. The maximum atomic E-state index is 13.4. The molecule has 20 heavy (non-hydrogen) atoms. The number of rotatable bonds is 4. The van der Waals surface area contributed by atoms with E-state index < -0.39 is 11.6 Å². The molecule has 0 atom stereocenters. The van der Waals surface area contributed by atoms with Crippen molar-refractivity contribution in [3.05, 3.63) is 65.7 Å². The van der Waals surface area contributed by atoms with Gasteiger partial charge < -0.3 is 10.6 Å². The molecule has 2 nitrogen and oxygen atoms in total. The standard InChI is InChI=1S/C15H14F2N2S/c16-12-7-6-11(14(17)10-12)8-9-18-15(20)19-13-4-2-1-3-5-13/h1-7,10H,8-9H2,(H2,18,19,20). The summed E-state index contributed by atoms with van der Waals surface area (Å²) in [6, 6.07) is 13.1. The fraction of sp³-hybridized carbons (Fsp3) is 0.133. The monoisotopic (exact) mass is 292 g/mol. The minimum absolute atomic E-state index is 0.433. The second-order valence-corrected chi connectivity index (χ2v) is 4.64. The molecule has 0 spiro atoms. The minimum atomic E-state index is -0.569. The van der Waals surface area contributed by atoms with E-state index in [0.717, 1.165) is 11.8 Å². The average Bonchev–Trinajstić information content (AvgIpc) is 2.42. The molecular formula is C15H14F2N2S. The molecule has 2 aromatic carbocycles. The maximum absolute atomic E-state index is 13.4. The lowest BCUT2D eigenvalue weighted by atomic mass is 10.1. The molecule has 0 aliphatic rings. The van der Waals surface area contributed by atoms with Crippen molar-refractivity contribution in [1.29, 1.82) is 0 Å². The van der Waals surface area contributed by atoms with E-state index in [-0.39, 0.29) is 0 Å². The SMILES string of the molecule is Fc1ccc(CCNC(=S)Nc2ccccc2)c(F)c1. The van der Waals surface area contributed by atoms with E-state index in [0.29, 0.717) is 23.6 Å². The van der Waals surface area contributed by atoms with Crippen molar-refractivity contribution in [2.24, 2.45) is 0 Å². The lowest BCUT2D eigenvalue weighted by Gasteiger charge is -2.10. The number of nitrogens with one attached hydrogen (secondary N) is 2. The van der Waals surface area contributed by atoms with E-state index in [1.54, 1.807) is 0 Å². The summed E-state index contributed by atoms with van der Waals surface area (Å²) in [5.41, 5.74) is 1.35. The quantitative estimate of drug-likeness (QED) is 0.844. The second-order valence-electron chi connectivity index (χ2n) is 4.23. The maximum Gasteiger partial charge on any atom is 0.170 e. The largest absolute Gasteiger partial charge is 0.362 e. The molecule has 0 fully saturated rings. The highest BCUT2D eigenvalue weighted by atomic mass is 32.1. The van der Waals surface area contributed by atoms with Crippen LogP contribution in [0.1, 0.15) is 5.56 Å². The lowest BCUT2D eigenvalue weighted by Crippen LogP contribution is -2.30. The van der Waals surface area contributed by atoms with Crippen LogP contribution in [-0.2, 0) is 6.42 Å². The number of anilines is 1. The van der Waals surface area contributed by atoms with E-state index >= 15 is 0 Å². The number of thiocarbonyl (C=S) groups is 1. The Morgan fingerprint density at radius 2 is 1.80 bits per heavy atom. The van der Waals surface area contributed by atoms with Crippen LogP contribution in [0.2, 0.25) is 0 Å². The van der Waals surface area contributed by atoms with Crippen LogP contribution in [0.4, 0.5) is 14.5 Å². The predicted octanol–water partition coefficient (Wildman–Crippen LogP) is 3.49. The highest BCUT2D eigenvalue weighted by molar-refractivity contribution is 7.80. The topological polar surface area (TPSA) is 24.1 Å². The number of halogens is 2. The summed E-state index contributed by atoms with van der Waals surface area (Å²) in [6.45, 7) is 0.473. The molecule has 0 heterocycles. The normalized spacial score (nSPS) is 10.1. The van der Waals surface area contributed by atoms with Gasteiger partial charge >= 0.3 is 0 Å². The van der Waals surface area contributed by atoms with Crippen LogP contribution in [0.15, 0.2) is 48.5 Å². The smallest absolute Gasteiger partial charge is 0.170 e. The third kappa shape index (κ3) is 4.28. The molecule has 0 saturated carbocycles. The van der Waals surface area contributed by atoms with Crippen molar-refractivity contribution >= 4 is 23.0 Å². The molecule has 104 valence electrons. The molecule has 0 amide bonds. The van der Waals surface area contributed by atoms with Gasteiger partial charge in [-0.2, -0.15) is 0 Å². The number of para-hydroxylation sites is 1. The summed E-state index contributed by atoms with van der Waals surface area (Å²) in [6.07, 6.45) is 0.433. The molecule has 0 aromatic heterocycles. The Hall–Kier alpha value is -2.01. The Balaban J connectivity index is 1.79. The van der Waals surface area contributed by atoms with Gasteiger partial charge in [0.25, 0.3) is 0 Å². The molecule has 2 rings (SSSR count). The first-order chi connectivity index (χ1) is 9.65. The van der Waals surface area contributed by atoms with Crippen LogP contribution in [0, 0.1) is 11.6 Å². The fourth-order valence-electron chi connectivity index (χ4n) is 1.73. The Bertz CT molecular complexity index is 588. The zero-order valence-corrected chi connectivity index (χ0v) is 11.5. The van der Waals surface area contributed by atoms with Gasteiger partial charge in [-0.3, -0.25) is 0 Å². The van der Waals surface area contributed by atoms with Gasteiger partial charge in [-0.25, -0.2) is 8.78 Å². The van der Waals surface area contributed by atoms with Crippen molar-refractivity contribution in [1.82, 2.24) is 5.32 Å². The third-order valence-electron chi connectivity index (χ3n) is 2.73. The van der Waals surface area contributed by atoms with E-state index in [1.807, 2.05) is 30.3 Å². The molecule has 2 N–H and O–H groups in total. The zero-order chi connectivity index (χ0) is 14.4. The van der Waals surface area contributed by atoms with E-state index in [2.05, 4.69) is 10.6 Å². The van der Waals surface area contributed by atoms with Crippen LogP contribution in [0.25, 0.3) is 0 Å². The van der Waals surface area contributed by atoms with Gasteiger partial charge in [0.2, 0.25) is 0 Å². The molecule has 0 saturated heterocycles. The first-order valence-electron chi connectivity index (χ1n) is 6.19. The van der Waals surface area contributed by atoms with Crippen LogP contribution in [0.5, 0.6) is 0 Å². The highest BCUT2D eigenvalue weighted by Gasteiger charge is 2.04. The summed E-state index contributed by atoms with van der Waals surface area (Å²) in [5.74, 6) is -1.10. The minimum Gasteiger partial charge on any atom is -0.362 e. The van der Waals surface area contributed by atoms with Gasteiger partial charge in [0.05, 0.1) is 0 Å². The van der Waals surface area contributed by atoms with Gasteiger partial charge in [0.1, 0.15) is 11.6 Å². The van der Waals surface area contributed by atoms with Crippen LogP contribution >= 0.6 is 12.2 Å². The van der Waals surface area contributed by atoms with E-state index in [4.69, 9.17) is 12.2 Å². The van der Waals surface area contributed by atoms with Gasteiger partial charge in [-0.1, -0.05) is 24.3 Å². The Kier molecular flexibility index (Phi) is 5.01. The molecule has 2 aromatic rings. The fourth-order valence-corrected chi connectivity index (χ4v) is 1.95. The first kappa shape index (κ1) is 14.4. The lowest BCUT2D eigenvalue weighted by molar-refractivity contribution is 0.571. The Morgan fingerprint density at radius 3 is 2.50 bits per heavy atom. The van der Waals surface area contributed by atoms with E-state index in [1.165, 1.54) is 12.1 Å². The van der Waals surface area contributed by atoms with Gasteiger partial charge in [-0.15, -0.1) is 0 Å². The van der Waals surface area contributed by atoms with E-state index in [9.17, 15) is 8.78 Å². The van der Waals surface area contributed by atoms with Gasteiger partial charge in [0, 0.05) is 18.3 Å². The Morgan fingerprint density at radius 1 is 1.05 bits per heavy atom. The van der Waals surface area contributed by atoms with Crippen molar-refractivity contribution in [2.45, 2.75) is 6.42 Å². The summed E-state index contributed by atoms with van der Waals surface area (Å²) in [4.78, 5) is 0. The average molecular weight is 292 g/mol. The van der Waals surface area contributed by atoms with Crippen LogP contribution in [0.3, 0.4) is 0 Å². The highest BCUT2D eigenvalue weighted by Crippen LogP contribution is 2.09. The van der Waals surface area contributed by atoms with Crippen molar-refractivity contribution in [3.63, 3.8) is 0 Å². The Labute approximate surface area is 121 Å². The first-order valence-corrected chi connectivity index (χ1v) is 6.60. The molecule has 0 aliphatic heterocycles.